The van der Waals surface area contributed by atoms with Crippen LogP contribution in [-0.2, 0) is 9.59 Å². The highest BCUT2D eigenvalue weighted by Gasteiger charge is 2.37. The van der Waals surface area contributed by atoms with Crippen LogP contribution in [0, 0.1) is 6.92 Å². The summed E-state index contributed by atoms with van der Waals surface area (Å²) in [5, 5.41) is 13.7. The van der Waals surface area contributed by atoms with Gasteiger partial charge in [0.15, 0.2) is 0 Å². The Kier molecular flexibility index (Phi) is 5.38. The Hall–Kier alpha value is -3.65. The lowest BCUT2D eigenvalue weighted by molar-refractivity contribution is -0.255. The van der Waals surface area contributed by atoms with Gasteiger partial charge in [-0.05, 0) is 48.4 Å². The Morgan fingerprint density at radius 1 is 1.21 bits per heavy atom. The van der Waals surface area contributed by atoms with Gasteiger partial charge in [-0.3, -0.25) is 14.9 Å². The normalized spacial score (nSPS) is 15.5. The van der Waals surface area contributed by atoms with Crippen molar-refractivity contribution >= 4 is 47.2 Å². The number of benzene rings is 2. The lowest BCUT2D eigenvalue weighted by Gasteiger charge is -2.27. The smallest absolute Gasteiger partial charge is 0.335 e. The molecular weight excluding hydrogens is 400 g/mol. The third-order valence-corrected chi connectivity index (χ3v) is 4.75. The summed E-state index contributed by atoms with van der Waals surface area (Å²) in [6, 6.07) is 7.82. The van der Waals surface area contributed by atoms with Crippen molar-refractivity contribution in [2.45, 2.75) is 6.92 Å². The lowest BCUT2D eigenvalue weighted by Crippen LogP contribution is -2.54. The van der Waals surface area contributed by atoms with Gasteiger partial charge in [0.2, 0.25) is 0 Å². The number of rotatable bonds is 4. The van der Waals surface area contributed by atoms with Gasteiger partial charge in [0.05, 0.1) is 18.8 Å². The van der Waals surface area contributed by atoms with Crippen molar-refractivity contribution in [3.05, 3.63) is 63.7 Å². The minimum atomic E-state index is -1.48. The minimum Gasteiger partial charge on any atom is -0.545 e. The number of amides is 4. The molecule has 1 aliphatic heterocycles. The number of ether oxygens (including phenoxy) is 1. The molecule has 2 aromatic rings. The molecule has 1 aliphatic rings. The van der Waals surface area contributed by atoms with Crippen LogP contribution in [0.5, 0.6) is 5.75 Å². The molecule has 3 rings (SSSR count). The predicted molar refractivity (Wildman–Crippen MR) is 103 cm³/mol. The van der Waals surface area contributed by atoms with Crippen molar-refractivity contribution in [2.24, 2.45) is 0 Å². The van der Waals surface area contributed by atoms with Crippen LogP contribution in [0.1, 0.15) is 21.5 Å². The number of carboxylic acid groups (broad SMARTS) is 1. The molecule has 2 aromatic carbocycles. The summed E-state index contributed by atoms with van der Waals surface area (Å²) >= 11 is 6.07. The van der Waals surface area contributed by atoms with Gasteiger partial charge in [0.1, 0.15) is 11.3 Å². The Labute approximate surface area is 170 Å². The SMILES string of the molecule is COc1ccc(/C=C2\C(=O)NC(=O)N(c3cccc(Cl)c3C)C2=O)cc1C(=O)[O-]. The maximum Gasteiger partial charge on any atom is 0.335 e. The van der Waals surface area contributed by atoms with E-state index in [9.17, 15) is 24.3 Å². The topological polar surface area (TPSA) is 116 Å². The Morgan fingerprint density at radius 3 is 2.59 bits per heavy atom. The molecule has 4 amide bonds. The first kappa shape index (κ1) is 20.1. The van der Waals surface area contributed by atoms with Crippen molar-refractivity contribution in [2.75, 3.05) is 12.0 Å². The number of aromatic carboxylic acids is 1. The van der Waals surface area contributed by atoms with E-state index in [0.717, 1.165) is 4.90 Å². The summed E-state index contributed by atoms with van der Waals surface area (Å²) in [6.07, 6.45) is 1.18. The summed E-state index contributed by atoms with van der Waals surface area (Å²) in [7, 11) is 1.30. The highest BCUT2D eigenvalue weighted by atomic mass is 35.5. The van der Waals surface area contributed by atoms with E-state index in [1.165, 1.54) is 37.5 Å². The zero-order chi connectivity index (χ0) is 21.3. The maximum absolute atomic E-state index is 12.9. The van der Waals surface area contributed by atoms with Gasteiger partial charge in [0, 0.05) is 10.6 Å². The number of halogens is 1. The zero-order valence-electron chi connectivity index (χ0n) is 15.3. The fourth-order valence-electron chi connectivity index (χ4n) is 2.86. The average Bonchev–Trinajstić information content (AvgIpc) is 2.68. The fourth-order valence-corrected chi connectivity index (χ4v) is 3.03. The van der Waals surface area contributed by atoms with E-state index in [1.807, 2.05) is 0 Å². The van der Waals surface area contributed by atoms with Gasteiger partial charge in [-0.25, -0.2) is 9.69 Å². The number of barbiturate groups is 1. The van der Waals surface area contributed by atoms with Crippen molar-refractivity contribution in [3.63, 3.8) is 0 Å². The molecule has 0 radical (unpaired) electrons. The maximum atomic E-state index is 12.9. The first-order valence-electron chi connectivity index (χ1n) is 8.30. The first-order valence-corrected chi connectivity index (χ1v) is 8.68. The van der Waals surface area contributed by atoms with Crippen molar-refractivity contribution in [1.82, 2.24) is 5.32 Å². The second-order valence-corrected chi connectivity index (χ2v) is 6.50. The van der Waals surface area contributed by atoms with Gasteiger partial charge < -0.3 is 14.6 Å². The molecule has 1 fully saturated rings. The molecule has 1 heterocycles. The average molecular weight is 414 g/mol. The Bertz CT molecular complexity index is 1090. The second-order valence-electron chi connectivity index (χ2n) is 6.09. The molecule has 0 aromatic heterocycles. The molecule has 0 unspecified atom stereocenters. The number of imide groups is 2. The van der Waals surface area contributed by atoms with Crippen LogP contribution in [0.2, 0.25) is 5.02 Å². The monoisotopic (exact) mass is 413 g/mol. The van der Waals surface area contributed by atoms with Crippen LogP contribution in [-0.4, -0.2) is 30.9 Å². The van der Waals surface area contributed by atoms with Crippen LogP contribution in [0.3, 0.4) is 0 Å². The first-order chi connectivity index (χ1) is 13.7. The van der Waals surface area contributed by atoms with Crippen molar-refractivity contribution < 1.29 is 29.0 Å². The Balaban J connectivity index is 2.07. The molecule has 148 valence electrons. The predicted octanol–water partition coefficient (Wildman–Crippen LogP) is 1.69. The zero-order valence-corrected chi connectivity index (χ0v) is 16.1. The van der Waals surface area contributed by atoms with Gasteiger partial charge in [-0.15, -0.1) is 0 Å². The lowest BCUT2D eigenvalue weighted by atomic mass is 10.0. The molecule has 1 N–H and O–H groups in total. The molecule has 1 saturated heterocycles. The van der Waals surface area contributed by atoms with Crippen LogP contribution in [0.25, 0.3) is 6.08 Å². The molecule has 0 aliphatic carbocycles. The van der Waals surface area contributed by atoms with Gasteiger partial charge in [-0.2, -0.15) is 0 Å². The van der Waals surface area contributed by atoms with Gasteiger partial charge in [0.25, 0.3) is 11.8 Å². The molecule has 0 spiro atoms. The second kappa shape index (κ2) is 7.76. The molecular formula is C20H14ClN2O6-. The molecule has 8 nitrogen and oxygen atoms in total. The minimum absolute atomic E-state index is 0.0675. The highest BCUT2D eigenvalue weighted by molar-refractivity contribution is 6.40. The third-order valence-electron chi connectivity index (χ3n) is 4.34. The van der Waals surface area contributed by atoms with E-state index < -0.39 is 23.8 Å². The third kappa shape index (κ3) is 3.70. The van der Waals surface area contributed by atoms with E-state index in [4.69, 9.17) is 16.3 Å². The summed E-state index contributed by atoms with van der Waals surface area (Å²) in [5.41, 5.74) is 0.349. The van der Waals surface area contributed by atoms with E-state index >= 15 is 0 Å². The highest BCUT2D eigenvalue weighted by Crippen LogP contribution is 2.30. The number of urea groups is 1. The number of carboxylic acids is 1. The van der Waals surface area contributed by atoms with E-state index in [1.54, 1.807) is 19.1 Å². The van der Waals surface area contributed by atoms with Crippen molar-refractivity contribution in [3.8, 4) is 5.75 Å². The summed E-state index contributed by atoms with van der Waals surface area (Å²) in [6.45, 7) is 1.63. The molecule has 0 saturated carbocycles. The number of hydrogen-bond acceptors (Lipinski definition) is 6. The largest absolute Gasteiger partial charge is 0.545 e. The summed E-state index contributed by atoms with van der Waals surface area (Å²) in [5.74, 6) is -3.18. The van der Waals surface area contributed by atoms with Gasteiger partial charge >= 0.3 is 6.03 Å². The number of anilines is 1. The van der Waals surface area contributed by atoms with E-state index in [2.05, 4.69) is 5.32 Å². The Morgan fingerprint density at radius 2 is 1.93 bits per heavy atom. The quantitative estimate of drug-likeness (QED) is 0.602. The number of carbonyl (C=O) groups is 4. The molecule has 0 atom stereocenters. The van der Waals surface area contributed by atoms with E-state index in [-0.39, 0.29) is 28.1 Å². The molecule has 29 heavy (non-hydrogen) atoms. The number of hydrogen-bond donors (Lipinski definition) is 1. The van der Waals surface area contributed by atoms with Crippen LogP contribution < -0.4 is 20.1 Å². The number of carbonyl (C=O) groups excluding carboxylic acids is 4. The van der Waals surface area contributed by atoms with Crippen molar-refractivity contribution in [1.29, 1.82) is 0 Å². The number of methoxy groups -OCH3 is 1. The number of nitrogens with one attached hydrogen (secondary N) is 1. The summed E-state index contributed by atoms with van der Waals surface area (Å²) in [4.78, 5) is 49.6. The van der Waals surface area contributed by atoms with E-state index in [0.29, 0.717) is 10.6 Å². The van der Waals surface area contributed by atoms with Crippen LogP contribution >= 0.6 is 11.6 Å². The standard InChI is InChI=1S/C20H15ClN2O6/c1-10-14(21)4-3-5-15(10)23-18(25)13(17(24)22-20(23)28)9-11-6-7-16(29-2)12(8-11)19(26)27/h3-9H,1-2H3,(H,26,27)(H,22,24,28)/p-1/b13-9+. The van der Waals surface area contributed by atoms with Crippen LogP contribution in [0.4, 0.5) is 10.5 Å². The number of nitrogens with zero attached hydrogens (tertiary/aromatic N) is 1. The van der Waals surface area contributed by atoms with Gasteiger partial charge in [-0.1, -0.05) is 23.7 Å². The molecule has 0 bridgehead atoms. The molecule has 9 heteroatoms. The summed E-state index contributed by atoms with van der Waals surface area (Å²) < 4.78 is 4.95. The van der Waals surface area contributed by atoms with Crippen LogP contribution in [0.15, 0.2) is 42.0 Å². The fraction of sp³-hybridized carbons (Fsp3) is 0.100.